The first-order valence-electron chi connectivity index (χ1n) is 18.5. The number of nitrogens with zero attached hydrogens (tertiary/aromatic N) is 2. The summed E-state index contributed by atoms with van der Waals surface area (Å²) in [6.07, 6.45) is 0.757. The first-order chi connectivity index (χ1) is 23.6. The number of nitrogens with one attached hydrogen (secondary N) is 1. The van der Waals surface area contributed by atoms with Crippen molar-refractivity contribution < 1.29 is 11.0 Å². The van der Waals surface area contributed by atoms with Gasteiger partial charge < -0.3 is 10.2 Å². The molecule has 5 atom stereocenters. The standard InChI is InChI=1S/C43H59Cl2N3O2/c1-24-16-15-17-37(28(24)5)43(46-34(11)49)20-21-48(42(12,13)33(43)10)23-26(3)39(36-22-38(44)40(45)31(8)30(36)7)32(9)47(14)41(50)35-19-18-25(2)27(4)29(35)6/h15-19,22,26,32-33,39H,20-21,23H2,1-14H3,(H,46,49)/t26?,32?,33?,39-,43?/m1/s1/i22D. The number of hydrogen-bond acceptors (Lipinski definition) is 3. The second-order valence-corrected chi connectivity index (χ2v) is 16.5. The number of carbonyl (C=O) groups is 2. The lowest BCUT2D eigenvalue weighted by molar-refractivity contribution is -0.125. The largest absolute Gasteiger partial charge is 0.346 e. The van der Waals surface area contributed by atoms with Crippen LogP contribution in [0.5, 0.6) is 0 Å². The van der Waals surface area contributed by atoms with Crippen molar-refractivity contribution >= 4 is 35.0 Å². The number of hydrogen-bond donors (Lipinski definition) is 1. The predicted molar refractivity (Wildman–Crippen MR) is 211 cm³/mol. The Hall–Kier alpha value is -2.86. The van der Waals surface area contributed by atoms with Crippen LogP contribution in [0.25, 0.3) is 0 Å². The summed E-state index contributed by atoms with van der Waals surface area (Å²) in [5.74, 6) is -0.227. The van der Waals surface area contributed by atoms with Gasteiger partial charge >= 0.3 is 0 Å². The van der Waals surface area contributed by atoms with Crippen LogP contribution in [-0.2, 0) is 10.3 Å². The average molecular weight is 722 g/mol. The SMILES string of the molecule is [2H]c1c(Cl)c(Cl)c(C)c(C)c1[C@H](C(C)CN1CCC(NC(C)=O)(c2cccc(C)c2C)C(C)C1(C)C)C(C)N(C)C(=O)c1ccc(C)c(C)c1C. The number of aryl methyl sites for hydroxylation is 2. The van der Waals surface area contributed by atoms with E-state index in [1.807, 2.05) is 44.9 Å². The number of likely N-dealkylation sites (N-methyl/N-ethyl adjacent to an activating group) is 1. The van der Waals surface area contributed by atoms with E-state index in [4.69, 9.17) is 23.2 Å². The molecule has 272 valence electrons. The summed E-state index contributed by atoms with van der Waals surface area (Å²) in [6.45, 7) is 28.7. The number of halogens is 2. The fourth-order valence-corrected chi connectivity index (χ4v) is 9.00. The lowest BCUT2D eigenvalue weighted by atomic mass is 9.63. The molecular weight excluding hydrogens is 661 g/mol. The monoisotopic (exact) mass is 720 g/mol. The number of likely N-dealkylation sites (tertiary alicyclic amines) is 1. The molecule has 1 aliphatic heterocycles. The molecular formula is C43H59Cl2N3O2. The summed E-state index contributed by atoms with van der Waals surface area (Å²) in [5, 5.41) is 4.11. The predicted octanol–water partition coefficient (Wildman–Crippen LogP) is 10.2. The van der Waals surface area contributed by atoms with Crippen LogP contribution in [0.3, 0.4) is 0 Å². The molecule has 0 spiro atoms. The molecule has 50 heavy (non-hydrogen) atoms. The first-order valence-corrected chi connectivity index (χ1v) is 18.8. The molecule has 3 aromatic rings. The van der Waals surface area contributed by atoms with Gasteiger partial charge in [0.1, 0.15) is 0 Å². The zero-order valence-corrected chi connectivity index (χ0v) is 34.3. The van der Waals surface area contributed by atoms with Crippen LogP contribution in [0, 0.1) is 60.3 Å². The van der Waals surface area contributed by atoms with Crippen LogP contribution in [0.15, 0.2) is 36.4 Å². The third-order valence-electron chi connectivity index (χ3n) is 12.8. The summed E-state index contributed by atoms with van der Waals surface area (Å²) in [7, 11) is 1.88. The van der Waals surface area contributed by atoms with Crippen LogP contribution in [0.1, 0.15) is 116 Å². The molecule has 1 aliphatic rings. The van der Waals surface area contributed by atoms with Gasteiger partial charge in [-0.25, -0.2) is 0 Å². The highest BCUT2D eigenvalue weighted by Crippen LogP contribution is 2.48. The van der Waals surface area contributed by atoms with Crippen LogP contribution < -0.4 is 5.32 Å². The molecule has 2 amide bonds. The third kappa shape index (κ3) is 7.12. The van der Waals surface area contributed by atoms with E-state index in [-0.39, 0.29) is 52.2 Å². The number of amides is 2. The zero-order valence-electron chi connectivity index (χ0n) is 33.8. The van der Waals surface area contributed by atoms with Crippen molar-refractivity contribution in [2.24, 2.45) is 11.8 Å². The number of rotatable bonds is 9. The Morgan fingerprint density at radius 2 is 1.58 bits per heavy atom. The Balaban J connectivity index is 1.79. The molecule has 0 aliphatic carbocycles. The molecule has 4 rings (SSSR count). The summed E-state index contributed by atoms with van der Waals surface area (Å²) >= 11 is 13.4. The Bertz CT molecular complexity index is 1810. The van der Waals surface area contributed by atoms with Crippen molar-refractivity contribution in [3.8, 4) is 0 Å². The van der Waals surface area contributed by atoms with E-state index in [9.17, 15) is 11.0 Å². The van der Waals surface area contributed by atoms with Crippen LogP contribution in [0.2, 0.25) is 10.0 Å². The Morgan fingerprint density at radius 1 is 0.960 bits per heavy atom. The number of carbonyl (C=O) groups excluding carboxylic acids is 2. The minimum absolute atomic E-state index is 0.0102. The van der Waals surface area contributed by atoms with Crippen molar-refractivity contribution in [1.29, 1.82) is 0 Å². The summed E-state index contributed by atoms with van der Waals surface area (Å²) in [4.78, 5) is 31.5. The maximum absolute atomic E-state index is 14.3. The number of piperidine rings is 1. The van der Waals surface area contributed by atoms with Crippen molar-refractivity contribution in [1.82, 2.24) is 15.1 Å². The maximum Gasteiger partial charge on any atom is 0.254 e. The van der Waals surface area contributed by atoms with Crippen molar-refractivity contribution in [3.05, 3.63) is 102 Å². The van der Waals surface area contributed by atoms with Crippen molar-refractivity contribution in [2.45, 2.75) is 119 Å². The molecule has 1 heterocycles. The lowest BCUT2D eigenvalue weighted by Gasteiger charge is -2.58. The van der Waals surface area contributed by atoms with Gasteiger partial charge in [-0.3, -0.25) is 14.5 Å². The molecule has 0 saturated carbocycles. The minimum Gasteiger partial charge on any atom is -0.346 e. The smallest absolute Gasteiger partial charge is 0.254 e. The molecule has 0 bridgehead atoms. The van der Waals surface area contributed by atoms with E-state index in [1.165, 1.54) is 16.7 Å². The van der Waals surface area contributed by atoms with Crippen molar-refractivity contribution in [2.75, 3.05) is 20.1 Å². The highest BCUT2D eigenvalue weighted by atomic mass is 35.5. The fourth-order valence-electron chi connectivity index (χ4n) is 8.57. The van der Waals surface area contributed by atoms with Crippen LogP contribution in [-0.4, -0.2) is 53.3 Å². The Kier molecular flexibility index (Phi) is 11.5. The van der Waals surface area contributed by atoms with Gasteiger partial charge in [0.2, 0.25) is 5.91 Å². The van der Waals surface area contributed by atoms with E-state index < -0.39 is 5.54 Å². The topological polar surface area (TPSA) is 52.7 Å². The van der Waals surface area contributed by atoms with E-state index in [2.05, 4.69) is 90.7 Å². The maximum atomic E-state index is 14.3. The molecule has 0 radical (unpaired) electrons. The molecule has 7 heteroatoms. The normalized spacial score (nSPS) is 21.3. The van der Waals surface area contributed by atoms with Crippen LogP contribution >= 0.6 is 23.2 Å². The zero-order chi connectivity index (χ0) is 38.5. The quantitative estimate of drug-likeness (QED) is 0.239. The van der Waals surface area contributed by atoms with Gasteiger partial charge in [-0.1, -0.05) is 61.3 Å². The summed E-state index contributed by atoms with van der Waals surface area (Å²) in [6, 6.07) is 10.3. The third-order valence-corrected chi connectivity index (χ3v) is 13.7. The molecule has 1 N–H and O–H groups in total. The molecule has 0 aromatic heterocycles. The molecule has 1 saturated heterocycles. The van der Waals surface area contributed by atoms with Gasteiger partial charge in [0.15, 0.2) is 0 Å². The van der Waals surface area contributed by atoms with E-state index in [0.29, 0.717) is 10.6 Å². The minimum atomic E-state index is -0.527. The van der Waals surface area contributed by atoms with Crippen molar-refractivity contribution in [3.63, 3.8) is 0 Å². The number of benzene rings is 3. The fraction of sp³-hybridized carbons (Fsp3) is 0.535. The van der Waals surface area contributed by atoms with Gasteiger partial charge in [-0.05, 0) is 144 Å². The van der Waals surface area contributed by atoms with E-state index >= 15 is 0 Å². The van der Waals surface area contributed by atoms with E-state index in [0.717, 1.165) is 52.9 Å². The van der Waals surface area contributed by atoms with Crippen LogP contribution in [0.4, 0.5) is 0 Å². The van der Waals surface area contributed by atoms with Gasteiger partial charge in [0.05, 0.1) is 17.0 Å². The Morgan fingerprint density at radius 3 is 2.20 bits per heavy atom. The summed E-state index contributed by atoms with van der Waals surface area (Å²) < 4.78 is 9.29. The lowest BCUT2D eigenvalue weighted by Crippen LogP contribution is -2.67. The molecule has 5 nitrogen and oxygen atoms in total. The van der Waals surface area contributed by atoms with Gasteiger partial charge in [-0.15, -0.1) is 0 Å². The van der Waals surface area contributed by atoms with Gasteiger partial charge in [-0.2, -0.15) is 0 Å². The molecule has 1 fully saturated rings. The second kappa shape index (κ2) is 15.0. The average Bonchev–Trinajstić information content (AvgIpc) is 3.07. The highest BCUT2D eigenvalue weighted by molar-refractivity contribution is 6.42. The van der Waals surface area contributed by atoms with Gasteiger partial charge in [0, 0.05) is 56.0 Å². The Labute approximate surface area is 313 Å². The van der Waals surface area contributed by atoms with Gasteiger partial charge in [0.25, 0.3) is 5.91 Å². The highest BCUT2D eigenvalue weighted by Gasteiger charge is 2.53. The molecule has 3 aromatic carbocycles. The second-order valence-electron chi connectivity index (χ2n) is 15.7. The first kappa shape index (κ1) is 38.4. The summed E-state index contributed by atoms with van der Waals surface area (Å²) in [5.41, 5.74) is 9.35. The molecule has 4 unspecified atom stereocenters. The van der Waals surface area contributed by atoms with E-state index in [1.54, 1.807) is 6.92 Å².